The summed E-state index contributed by atoms with van der Waals surface area (Å²) in [4.78, 5) is 14.1. The molecule has 1 aromatic rings. The third-order valence-electron chi connectivity index (χ3n) is 1.71. The zero-order chi connectivity index (χ0) is 13.3. The molecule has 3 N–H and O–H groups in total. The van der Waals surface area contributed by atoms with Crippen molar-refractivity contribution in [3.63, 3.8) is 0 Å². The lowest BCUT2D eigenvalue weighted by molar-refractivity contribution is -0.267. The van der Waals surface area contributed by atoms with Crippen molar-refractivity contribution in [1.82, 2.24) is 4.98 Å². The fourth-order valence-corrected chi connectivity index (χ4v) is 0.837. The number of amides is 1. The lowest BCUT2D eigenvalue weighted by Crippen LogP contribution is -2.47. The van der Waals surface area contributed by atoms with Gasteiger partial charge in [-0.3, -0.25) is 4.79 Å². The summed E-state index contributed by atoms with van der Waals surface area (Å²) in [6, 6.07) is 2.52. The van der Waals surface area contributed by atoms with Gasteiger partial charge in [-0.15, -0.1) is 0 Å². The van der Waals surface area contributed by atoms with Crippen LogP contribution in [0.1, 0.15) is 0 Å². The summed E-state index contributed by atoms with van der Waals surface area (Å²) in [5.74, 6) is -8.59. The molecule has 1 aromatic heterocycles. The highest BCUT2D eigenvalue weighted by Crippen LogP contribution is 2.36. The first-order valence-electron chi connectivity index (χ1n) is 4.12. The van der Waals surface area contributed by atoms with Gasteiger partial charge in [0, 0.05) is 6.20 Å². The Balaban J connectivity index is 2.91. The van der Waals surface area contributed by atoms with E-state index in [1.165, 1.54) is 17.4 Å². The number of nitrogens with zero attached hydrogens (tertiary/aromatic N) is 1. The Bertz CT molecular complexity index is 431. The smallest absolute Gasteiger partial charge is 0.396 e. The molecule has 0 aliphatic rings. The summed E-state index contributed by atoms with van der Waals surface area (Å²) in [6.45, 7) is 0. The van der Waals surface area contributed by atoms with E-state index in [1.54, 1.807) is 0 Å². The molecule has 4 nitrogen and oxygen atoms in total. The van der Waals surface area contributed by atoms with Gasteiger partial charge in [-0.05, 0) is 12.1 Å². The highest BCUT2D eigenvalue weighted by molar-refractivity contribution is 5.97. The number of hydrogen-bond acceptors (Lipinski definition) is 3. The van der Waals surface area contributed by atoms with E-state index in [0.29, 0.717) is 0 Å². The number of hydrogen-bond donors (Lipinski definition) is 2. The number of aromatic nitrogens is 1. The first kappa shape index (κ1) is 13.1. The molecule has 9 heteroatoms. The standard InChI is InChI=1S/C8H6F5N3O/c9-7(10,8(11,12)13)6(17)16-5-4(14)2-1-3-15-5/h1-3H,14H2,(H,15,16,17). The topological polar surface area (TPSA) is 68.0 Å². The molecule has 0 saturated heterocycles. The van der Waals surface area contributed by atoms with Crippen molar-refractivity contribution < 1.29 is 26.7 Å². The number of carbonyl (C=O) groups excluding carboxylic acids is 1. The van der Waals surface area contributed by atoms with Crippen LogP contribution < -0.4 is 11.1 Å². The molecular formula is C8H6F5N3O. The van der Waals surface area contributed by atoms with Gasteiger partial charge in [0.2, 0.25) is 0 Å². The first-order chi connectivity index (χ1) is 7.66. The average Bonchev–Trinajstić information content (AvgIpc) is 2.19. The number of nitrogens with one attached hydrogen (secondary N) is 1. The minimum Gasteiger partial charge on any atom is -0.396 e. The van der Waals surface area contributed by atoms with E-state index >= 15 is 0 Å². The van der Waals surface area contributed by atoms with Gasteiger partial charge in [-0.25, -0.2) is 4.98 Å². The monoisotopic (exact) mass is 255 g/mol. The fraction of sp³-hybridized carbons (Fsp3) is 0.250. The molecule has 0 aliphatic heterocycles. The summed E-state index contributed by atoms with van der Waals surface area (Å²) >= 11 is 0. The van der Waals surface area contributed by atoms with Gasteiger partial charge in [0.1, 0.15) is 0 Å². The second-order valence-corrected chi connectivity index (χ2v) is 2.97. The van der Waals surface area contributed by atoms with Gasteiger partial charge in [-0.2, -0.15) is 22.0 Å². The van der Waals surface area contributed by atoms with Crippen molar-refractivity contribution in [3.05, 3.63) is 18.3 Å². The number of anilines is 2. The van der Waals surface area contributed by atoms with Crippen molar-refractivity contribution in [2.45, 2.75) is 12.1 Å². The number of alkyl halides is 5. The van der Waals surface area contributed by atoms with Crippen LogP contribution in [0.3, 0.4) is 0 Å². The van der Waals surface area contributed by atoms with E-state index in [-0.39, 0.29) is 5.69 Å². The maximum atomic E-state index is 12.5. The van der Waals surface area contributed by atoms with Crippen LogP contribution in [0.15, 0.2) is 18.3 Å². The minimum absolute atomic E-state index is 0.223. The average molecular weight is 255 g/mol. The maximum absolute atomic E-state index is 12.5. The fourth-order valence-electron chi connectivity index (χ4n) is 0.837. The van der Waals surface area contributed by atoms with Gasteiger partial charge in [0.25, 0.3) is 0 Å². The van der Waals surface area contributed by atoms with Crippen LogP contribution in [0.25, 0.3) is 0 Å². The predicted molar refractivity (Wildman–Crippen MR) is 48.3 cm³/mol. The molecule has 1 heterocycles. The minimum atomic E-state index is -5.97. The summed E-state index contributed by atoms with van der Waals surface area (Å²) in [6.07, 6.45) is -4.89. The third-order valence-corrected chi connectivity index (χ3v) is 1.71. The van der Waals surface area contributed by atoms with Gasteiger partial charge in [-0.1, -0.05) is 0 Å². The van der Waals surface area contributed by atoms with Crippen molar-refractivity contribution in [1.29, 1.82) is 0 Å². The van der Waals surface area contributed by atoms with Crippen LogP contribution in [-0.4, -0.2) is 23.0 Å². The van der Waals surface area contributed by atoms with Crippen LogP contribution >= 0.6 is 0 Å². The normalized spacial score (nSPS) is 12.3. The van der Waals surface area contributed by atoms with Crippen LogP contribution in [0, 0.1) is 0 Å². The molecular weight excluding hydrogens is 249 g/mol. The Morgan fingerprint density at radius 1 is 1.29 bits per heavy atom. The lowest BCUT2D eigenvalue weighted by Gasteiger charge is -2.18. The SMILES string of the molecule is Nc1cccnc1NC(=O)C(F)(F)C(F)(F)F. The first-order valence-corrected chi connectivity index (χ1v) is 4.12. The largest absolute Gasteiger partial charge is 0.463 e. The Morgan fingerprint density at radius 3 is 2.35 bits per heavy atom. The molecule has 0 aliphatic carbocycles. The number of halogens is 5. The molecule has 1 rings (SSSR count). The second kappa shape index (κ2) is 4.15. The molecule has 94 valence electrons. The number of nitrogens with two attached hydrogens (primary N) is 1. The van der Waals surface area contributed by atoms with Gasteiger partial charge in [0.05, 0.1) is 5.69 Å². The molecule has 0 fully saturated rings. The van der Waals surface area contributed by atoms with Gasteiger partial charge >= 0.3 is 18.0 Å². The number of rotatable bonds is 2. The molecule has 0 spiro atoms. The van der Waals surface area contributed by atoms with Crippen molar-refractivity contribution >= 4 is 17.4 Å². The van der Waals surface area contributed by atoms with Crippen LogP contribution in [0.5, 0.6) is 0 Å². The molecule has 1 amide bonds. The van der Waals surface area contributed by atoms with Crippen molar-refractivity contribution in [2.75, 3.05) is 11.1 Å². The Kier molecular flexibility index (Phi) is 3.21. The molecule has 0 unspecified atom stereocenters. The van der Waals surface area contributed by atoms with Crippen molar-refractivity contribution in [2.24, 2.45) is 0 Å². The van der Waals surface area contributed by atoms with E-state index in [9.17, 15) is 26.7 Å². The summed E-state index contributed by atoms with van der Waals surface area (Å²) < 4.78 is 60.5. The summed E-state index contributed by atoms with van der Waals surface area (Å²) in [7, 11) is 0. The van der Waals surface area contributed by atoms with Crippen molar-refractivity contribution in [3.8, 4) is 0 Å². The van der Waals surface area contributed by atoms with E-state index in [4.69, 9.17) is 5.73 Å². The van der Waals surface area contributed by atoms with Crippen LogP contribution in [0.2, 0.25) is 0 Å². The molecule has 0 radical (unpaired) electrons. The zero-order valence-electron chi connectivity index (χ0n) is 8.05. The Morgan fingerprint density at radius 2 is 1.88 bits per heavy atom. The molecule has 17 heavy (non-hydrogen) atoms. The number of carbonyl (C=O) groups is 1. The van der Waals surface area contributed by atoms with E-state index in [0.717, 1.165) is 6.20 Å². The van der Waals surface area contributed by atoms with Gasteiger partial charge < -0.3 is 11.1 Å². The van der Waals surface area contributed by atoms with Crippen LogP contribution in [-0.2, 0) is 4.79 Å². The predicted octanol–water partition coefficient (Wildman–Crippen LogP) is 1.80. The highest BCUT2D eigenvalue weighted by atomic mass is 19.4. The van der Waals surface area contributed by atoms with E-state index in [1.807, 2.05) is 0 Å². The Hall–Kier alpha value is -1.93. The van der Waals surface area contributed by atoms with E-state index < -0.39 is 23.8 Å². The van der Waals surface area contributed by atoms with Gasteiger partial charge in [0.15, 0.2) is 5.82 Å². The zero-order valence-corrected chi connectivity index (χ0v) is 8.05. The highest BCUT2D eigenvalue weighted by Gasteiger charge is 2.63. The molecule has 0 saturated carbocycles. The second-order valence-electron chi connectivity index (χ2n) is 2.97. The molecule has 0 bridgehead atoms. The molecule has 0 aromatic carbocycles. The van der Waals surface area contributed by atoms with Crippen LogP contribution in [0.4, 0.5) is 33.5 Å². The third kappa shape index (κ3) is 2.60. The lowest BCUT2D eigenvalue weighted by atomic mass is 10.3. The molecule has 0 atom stereocenters. The maximum Gasteiger partial charge on any atom is 0.463 e. The Labute approximate surface area is 91.6 Å². The summed E-state index contributed by atoms with van der Waals surface area (Å²) in [5.41, 5.74) is 4.99. The quantitative estimate of drug-likeness (QED) is 0.792. The number of pyridine rings is 1. The number of nitrogen functional groups attached to an aromatic ring is 1. The summed E-state index contributed by atoms with van der Waals surface area (Å²) in [5, 5.41) is 1.31. The van der Waals surface area contributed by atoms with E-state index in [2.05, 4.69) is 4.98 Å².